The van der Waals surface area contributed by atoms with E-state index in [9.17, 15) is 9.59 Å². The standard InChI is InChI=1S/C18H26N2O2/c1-14(2)12-20-13-16(11-17(20)21)18(22)19-10-6-9-15-7-4-3-5-8-15/h3-5,7-8,14,16H,6,9-13H2,1-2H3,(H,19,22). The van der Waals surface area contributed by atoms with Gasteiger partial charge in [0.05, 0.1) is 5.92 Å². The van der Waals surface area contributed by atoms with Crippen molar-refractivity contribution < 1.29 is 9.59 Å². The average Bonchev–Trinajstić information content (AvgIpc) is 2.85. The Morgan fingerprint density at radius 1 is 1.32 bits per heavy atom. The quantitative estimate of drug-likeness (QED) is 0.785. The van der Waals surface area contributed by atoms with Crippen molar-refractivity contribution in [1.82, 2.24) is 10.2 Å². The molecular weight excluding hydrogens is 276 g/mol. The lowest BCUT2D eigenvalue weighted by Gasteiger charge is -2.18. The fourth-order valence-electron chi connectivity index (χ4n) is 2.86. The minimum atomic E-state index is -0.178. The van der Waals surface area contributed by atoms with E-state index in [1.54, 1.807) is 0 Å². The summed E-state index contributed by atoms with van der Waals surface area (Å²) in [6.07, 6.45) is 2.24. The number of hydrogen-bond donors (Lipinski definition) is 1. The fraction of sp³-hybridized carbons (Fsp3) is 0.556. The summed E-state index contributed by atoms with van der Waals surface area (Å²) in [6.45, 7) is 6.16. The van der Waals surface area contributed by atoms with Gasteiger partial charge >= 0.3 is 0 Å². The van der Waals surface area contributed by atoms with Crippen LogP contribution in [0.2, 0.25) is 0 Å². The van der Waals surface area contributed by atoms with Gasteiger partial charge in [0.2, 0.25) is 11.8 Å². The van der Waals surface area contributed by atoms with E-state index in [1.807, 2.05) is 23.1 Å². The van der Waals surface area contributed by atoms with Crippen molar-refractivity contribution in [3.8, 4) is 0 Å². The van der Waals surface area contributed by atoms with Gasteiger partial charge < -0.3 is 10.2 Å². The maximum atomic E-state index is 12.1. The van der Waals surface area contributed by atoms with E-state index in [4.69, 9.17) is 0 Å². The summed E-state index contributed by atoms with van der Waals surface area (Å²) in [4.78, 5) is 25.8. The lowest BCUT2D eigenvalue weighted by molar-refractivity contribution is -0.129. The SMILES string of the molecule is CC(C)CN1CC(C(=O)NCCCc2ccccc2)CC1=O. The summed E-state index contributed by atoms with van der Waals surface area (Å²) >= 11 is 0. The molecule has 1 atom stereocenters. The molecule has 0 spiro atoms. The molecule has 1 aromatic rings. The van der Waals surface area contributed by atoms with E-state index < -0.39 is 0 Å². The first-order chi connectivity index (χ1) is 10.6. The van der Waals surface area contributed by atoms with E-state index in [0.29, 0.717) is 25.4 Å². The Morgan fingerprint density at radius 2 is 2.05 bits per heavy atom. The first-order valence-corrected chi connectivity index (χ1v) is 8.15. The molecule has 0 aliphatic carbocycles. The van der Waals surface area contributed by atoms with Crippen LogP contribution in [-0.4, -0.2) is 36.3 Å². The number of nitrogens with one attached hydrogen (secondary N) is 1. The molecule has 22 heavy (non-hydrogen) atoms. The lowest BCUT2D eigenvalue weighted by Crippen LogP contribution is -2.34. The van der Waals surface area contributed by atoms with Gasteiger partial charge in [0, 0.05) is 26.1 Å². The van der Waals surface area contributed by atoms with Gasteiger partial charge in [0.25, 0.3) is 0 Å². The Balaban J connectivity index is 1.68. The summed E-state index contributed by atoms with van der Waals surface area (Å²) in [5, 5.41) is 2.97. The first kappa shape index (κ1) is 16.5. The smallest absolute Gasteiger partial charge is 0.225 e. The molecule has 1 N–H and O–H groups in total. The molecule has 1 heterocycles. The maximum Gasteiger partial charge on any atom is 0.225 e. The van der Waals surface area contributed by atoms with Crippen LogP contribution >= 0.6 is 0 Å². The van der Waals surface area contributed by atoms with Gasteiger partial charge in [0.1, 0.15) is 0 Å². The maximum absolute atomic E-state index is 12.1. The average molecular weight is 302 g/mol. The minimum Gasteiger partial charge on any atom is -0.356 e. The lowest BCUT2D eigenvalue weighted by atomic mass is 10.1. The van der Waals surface area contributed by atoms with Crippen molar-refractivity contribution in [2.45, 2.75) is 33.1 Å². The Kier molecular flexibility index (Phi) is 5.99. The number of carbonyl (C=O) groups is 2. The van der Waals surface area contributed by atoms with Crippen molar-refractivity contribution in [3.05, 3.63) is 35.9 Å². The molecular formula is C18H26N2O2. The zero-order valence-electron chi connectivity index (χ0n) is 13.5. The van der Waals surface area contributed by atoms with Gasteiger partial charge in [-0.25, -0.2) is 0 Å². The number of hydrogen-bond acceptors (Lipinski definition) is 2. The third kappa shape index (κ3) is 4.86. The van der Waals surface area contributed by atoms with Crippen LogP contribution in [-0.2, 0) is 16.0 Å². The zero-order chi connectivity index (χ0) is 15.9. The molecule has 2 amide bonds. The second kappa shape index (κ2) is 7.97. The molecule has 0 aromatic heterocycles. The number of benzene rings is 1. The summed E-state index contributed by atoms with van der Waals surface area (Å²) < 4.78 is 0. The highest BCUT2D eigenvalue weighted by molar-refractivity contribution is 5.89. The monoisotopic (exact) mass is 302 g/mol. The molecule has 1 unspecified atom stereocenters. The fourth-order valence-corrected chi connectivity index (χ4v) is 2.86. The second-order valence-electron chi connectivity index (χ2n) is 6.47. The highest BCUT2D eigenvalue weighted by atomic mass is 16.2. The molecule has 1 aromatic carbocycles. The van der Waals surface area contributed by atoms with E-state index in [1.165, 1.54) is 5.56 Å². The number of rotatable bonds is 7. The van der Waals surface area contributed by atoms with Crippen LogP contribution in [0.1, 0.15) is 32.3 Å². The molecule has 0 radical (unpaired) electrons. The van der Waals surface area contributed by atoms with Crippen LogP contribution < -0.4 is 5.32 Å². The molecule has 1 fully saturated rings. The molecule has 4 nitrogen and oxygen atoms in total. The van der Waals surface area contributed by atoms with Crippen LogP contribution in [0.4, 0.5) is 0 Å². The van der Waals surface area contributed by atoms with Crippen molar-refractivity contribution >= 4 is 11.8 Å². The summed E-state index contributed by atoms with van der Waals surface area (Å²) in [5.41, 5.74) is 1.29. The van der Waals surface area contributed by atoms with E-state index in [0.717, 1.165) is 19.4 Å². The number of nitrogens with zero attached hydrogens (tertiary/aromatic N) is 1. The molecule has 0 saturated carbocycles. The summed E-state index contributed by atoms with van der Waals surface area (Å²) in [5.74, 6) is 0.394. The largest absolute Gasteiger partial charge is 0.356 e. The van der Waals surface area contributed by atoms with Gasteiger partial charge in [0.15, 0.2) is 0 Å². The molecule has 1 aliphatic heterocycles. The highest BCUT2D eigenvalue weighted by Crippen LogP contribution is 2.19. The van der Waals surface area contributed by atoms with Crippen molar-refractivity contribution in [2.75, 3.05) is 19.6 Å². The van der Waals surface area contributed by atoms with Crippen LogP contribution in [0.3, 0.4) is 0 Å². The summed E-state index contributed by atoms with van der Waals surface area (Å²) in [7, 11) is 0. The normalized spacial score (nSPS) is 18.0. The molecule has 120 valence electrons. The summed E-state index contributed by atoms with van der Waals surface area (Å²) in [6, 6.07) is 10.3. The Morgan fingerprint density at radius 3 is 2.73 bits per heavy atom. The Labute approximate surface area is 132 Å². The van der Waals surface area contributed by atoms with Gasteiger partial charge in [-0.15, -0.1) is 0 Å². The van der Waals surface area contributed by atoms with E-state index in [-0.39, 0.29) is 17.7 Å². The second-order valence-corrected chi connectivity index (χ2v) is 6.47. The van der Waals surface area contributed by atoms with Crippen LogP contribution in [0.25, 0.3) is 0 Å². The third-order valence-corrected chi connectivity index (χ3v) is 3.96. The number of amides is 2. The van der Waals surface area contributed by atoms with Crippen LogP contribution in [0, 0.1) is 11.8 Å². The Hall–Kier alpha value is -1.84. The zero-order valence-corrected chi connectivity index (χ0v) is 13.5. The third-order valence-electron chi connectivity index (χ3n) is 3.96. The molecule has 1 aliphatic rings. The van der Waals surface area contributed by atoms with Gasteiger partial charge in [-0.1, -0.05) is 44.2 Å². The van der Waals surface area contributed by atoms with Gasteiger partial charge in [-0.3, -0.25) is 9.59 Å². The van der Waals surface area contributed by atoms with Crippen molar-refractivity contribution in [1.29, 1.82) is 0 Å². The van der Waals surface area contributed by atoms with Crippen molar-refractivity contribution in [3.63, 3.8) is 0 Å². The molecule has 4 heteroatoms. The molecule has 1 saturated heterocycles. The van der Waals surface area contributed by atoms with Crippen LogP contribution in [0.5, 0.6) is 0 Å². The number of likely N-dealkylation sites (tertiary alicyclic amines) is 1. The van der Waals surface area contributed by atoms with Crippen molar-refractivity contribution in [2.24, 2.45) is 11.8 Å². The van der Waals surface area contributed by atoms with Gasteiger partial charge in [-0.2, -0.15) is 0 Å². The molecule has 0 bridgehead atoms. The predicted octanol–water partition coefficient (Wildman–Crippen LogP) is 2.24. The minimum absolute atomic E-state index is 0.0210. The Bertz CT molecular complexity index is 499. The van der Waals surface area contributed by atoms with Crippen LogP contribution in [0.15, 0.2) is 30.3 Å². The number of aryl methyl sites for hydroxylation is 1. The van der Waals surface area contributed by atoms with E-state index >= 15 is 0 Å². The highest BCUT2D eigenvalue weighted by Gasteiger charge is 2.34. The molecule has 2 rings (SSSR count). The first-order valence-electron chi connectivity index (χ1n) is 8.15. The topological polar surface area (TPSA) is 49.4 Å². The van der Waals surface area contributed by atoms with E-state index in [2.05, 4.69) is 31.3 Å². The predicted molar refractivity (Wildman–Crippen MR) is 87.3 cm³/mol. The number of carbonyl (C=O) groups excluding carboxylic acids is 2. The van der Waals surface area contributed by atoms with Gasteiger partial charge in [-0.05, 0) is 24.3 Å².